The summed E-state index contributed by atoms with van der Waals surface area (Å²) in [6, 6.07) is 31.9. The summed E-state index contributed by atoms with van der Waals surface area (Å²) in [6.45, 7) is 9.30. The van der Waals surface area contributed by atoms with Gasteiger partial charge in [-0.3, -0.25) is 0 Å². The molecule has 1 unspecified atom stereocenters. The third kappa shape index (κ3) is 6.79. The lowest BCUT2D eigenvalue weighted by atomic mass is 9.93. The number of nitrogens with one attached hydrogen (secondary N) is 1. The van der Waals surface area contributed by atoms with E-state index in [0.717, 1.165) is 12.0 Å². The molecule has 0 spiro atoms. The molecule has 0 aliphatic heterocycles. The van der Waals surface area contributed by atoms with Crippen LogP contribution in [0.3, 0.4) is 0 Å². The van der Waals surface area contributed by atoms with Crippen LogP contribution in [-0.4, -0.2) is 29.9 Å². The number of β-amino-alcohol motifs (C(OH)–C–C–N with tert-alkyl or cyclic N) is 1. The first-order chi connectivity index (χ1) is 16.8. The quantitative estimate of drug-likeness (QED) is 0.268. The Labute approximate surface area is 209 Å². The number of hydrogen-bond acceptors (Lipinski definition) is 3. The van der Waals surface area contributed by atoms with Crippen molar-refractivity contribution in [2.45, 2.75) is 51.9 Å². The van der Waals surface area contributed by atoms with Gasteiger partial charge in [-0.05, 0) is 78.8 Å². The van der Waals surface area contributed by atoms with Crippen LogP contribution in [0.2, 0.25) is 0 Å². The first kappa shape index (κ1) is 25.1. The largest absolute Gasteiger partial charge is 0.389 e. The Morgan fingerprint density at radius 1 is 0.857 bits per heavy atom. The Bertz CT molecular complexity index is 1260. The molecule has 0 saturated heterocycles. The van der Waals surface area contributed by atoms with Gasteiger partial charge < -0.3 is 15.2 Å². The van der Waals surface area contributed by atoms with Crippen molar-refractivity contribution in [1.29, 1.82) is 0 Å². The highest BCUT2D eigenvalue weighted by atomic mass is 16.5. The number of aryl methyl sites for hydroxylation is 1. The molecule has 3 nitrogen and oxygen atoms in total. The minimum absolute atomic E-state index is 0.0979. The standard InChI is InChI=1S/C32H37NO2/c1-23-10-5-8-15-31(23)29-14-9-13-27(19-29)24(2)35-22-30(34)21-33-32(3,4)20-25-16-17-26-11-6-7-12-28(26)18-25/h5-19,24,30,33-34H,20-22H2,1-4H3/t24?,30-/m1/s1. The van der Waals surface area contributed by atoms with Gasteiger partial charge in [-0.25, -0.2) is 0 Å². The maximum absolute atomic E-state index is 10.6. The van der Waals surface area contributed by atoms with Crippen molar-refractivity contribution in [1.82, 2.24) is 5.32 Å². The molecule has 2 atom stereocenters. The van der Waals surface area contributed by atoms with Gasteiger partial charge in [0.2, 0.25) is 0 Å². The van der Waals surface area contributed by atoms with Crippen molar-refractivity contribution < 1.29 is 9.84 Å². The topological polar surface area (TPSA) is 41.5 Å². The van der Waals surface area contributed by atoms with Crippen molar-refractivity contribution in [3.05, 3.63) is 108 Å². The smallest absolute Gasteiger partial charge is 0.0898 e. The molecule has 0 fully saturated rings. The summed E-state index contributed by atoms with van der Waals surface area (Å²) < 4.78 is 6.05. The lowest BCUT2D eigenvalue weighted by molar-refractivity contribution is -0.00416. The molecule has 35 heavy (non-hydrogen) atoms. The van der Waals surface area contributed by atoms with Gasteiger partial charge >= 0.3 is 0 Å². The molecule has 0 amide bonds. The van der Waals surface area contributed by atoms with Crippen LogP contribution in [0.4, 0.5) is 0 Å². The lowest BCUT2D eigenvalue weighted by Crippen LogP contribution is -2.46. The highest BCUT2D eigenvalue weighted by Gasteiger charge is 2.20. The van der Waals surface area contributed by atoms with Gasteiger partial charge in [0.15, 0.2) is 0 Å². The van der Waals surface area contributed by atoms with Crippen molar-refractivity contribution in [3.8, 4) is 11.1 Å². The molecule has 0 saturated carbocycles. The van der Waals surface area contributed by atoms with E-state index in [1.807, 2.05) is 6.92 Å². The van der Waals surface area contributed by atoms with Crippen LogP contribution in [-0.2, 0) is 11.2 Å². The monoisotopic (exact) mass is 467 g/mol. The Balaban J connectivity index is 1.28. The van der Waals surface area contributed by atoms with Crippen LogP contribution in [0.15, 0.2) is 91.0 Å². The predicted molar refractivity (Wildman–Crippen MR) is 147 cm³/mol. The number of benzene rings is 4. The summed E-state index contributed by atoms with van der Waals surface area (Å²) in [5.41, 5.74) is 5.94. The summed E-state index contributed by atoms with van der Waals surface area (Å²) in [7, 11) is 0. The number of fused-ring (bicyclic) bond motifs is 1. The molecule has 4 aromatic rings. The SMILES string of the molecule is Cc1ccccc1-c1cccc(C(C)OC[C@H](O)CNC(C)(C)Cc2ccc3ccccc3c2)c1. The first-order valence-corrected chi connectivity index (χ1v) is 12.5. The molecule has 0 aliphatic carbocycles. The molecule has 0 aromatic heterocycles. The molecule has 3 heteroatoms. The van der Waals surface area contributed by atoms with Gasteiger partial charge in [-0.1, -0.05) is 84.9 Å². The third-order valence-electron chi connectivity index (χ3n) is 6.63. The molecule has 0 aliphatic rings. The number of ether oxygens (including phenoxy) is 1. The van der Waals surface area contributed by atoms with E-state index in [1.165, 1.54) is 33.0 Å². The normalized spacial score (nSPS) is 13.6. The zero-order chi connectivity index (χ0) is 24.8. The summed E-state index contributed by atoms with van der Waals surface area (Å²) in [5, 5.41) is 16.6. The maximum atomic E-state index is 10.6. The number of aliphatic hydroxyl groups is 1. The Morgan fingerprint density at radius 2 is 1.60 bits per heavy atom. The second kappa shape index (κ2) is 11.2. The molecule has 182 valence electrons. The van der Waals surface area contributed by atoms with Gasteiger partial charge in [0.1, 0.15) is 0 Å². The second-order valence-electron chi connectivity index (χ2n) is 10.2. The summed E-state index contributed by atoms with van der Waals surface area (Å²) in [6.07, 6.45) is 0.208. The Hall–Kier alpha value is -2.98. The third-order valence-corrected chi connectivity index (χ3v) is 6.63. The minimum Gasteiger partial charge on any atom is -0.389 e. The first-order valence-electron chi connectivity index (χ1n) is 12.5. The van der Waals surface area contributed by atoms with Crippen LogP contribution >= 0.6 is 0 Å². The van der Waals surface area contributed by atoms with Crippen LogP contribution < -0.4 is 5.32 Å². The maximum Gasteiger partial charge on any atom is 0.0898 e. The Kier molecular flexibility index (Phi) is 8.02. The number of rotatable bonds is 10. The Morgan fingerprint density at radius 3 is 2.40 bits per heavy atom. The molecule has 4 aromatic carbocycles. The van der Waals surface area contributed by atoms with Gasteiger partial charge in [0, 0.05) is 12.1 Å². The van der Waals surface area contributed by atoms with Crippen LogP contribution in [0, 0.1) is 6.92 Å². The number of aliphatic hydroxyl groups excluding tert-OH is 1. The summed E-state index contributed by atoms with van der Waals surface area (Å²) in [5.74, 6) is 0. The van der Waals surface area contributed by atoms with Crippen LogP contribution in [0.5, 0.6) is 0 Å². The van der Waals surface area contributed by atoms with Gasteiger partial charge in [-0.2, -0.15) is 0 Å². The zero-order valence-electron chi connectivity index (χ0n) is 21.3. The fourth-order valence-electron chi connectivity index (χ4n) is 4.58. The van der Waals surface area contributed by atoms with Crippen molar-refractivity contribution >= 4 is 10.8 Å². The van der Waals surface area contributed by atoms with E-state index in [-0.39, 0.29) is 18.2 Å². The summed E-state index contributed by atoms with van der Waals surface area (Å²) in [4.78, 5) is 0. The molecule has 4 rings (SSSR count). The van der Waals surface area contributed by atoms with E-state index in [9.17, 15) is 5.11 Å². The molecular formula is C32H37NO2. The van der Waals surface area contributed by atoms with Gasteiger partial charge in [0.05, 0.1) is 18.8 Å². The van der Waals surface area contributed by atoms with Crippen LogP contribution in [0.1, 0.15) is 43.6 Å². The highest BCUT2D eigenvalue weighted by Crippen LogP contribution is 2.27. The van der Waals surface area contributed by atoms with E-state index in [0.29, 0.717) is 6.54 Å². The van der Waals surface area contributed by atoms with E-state index >= 15 is 0 Å². The predicted octanol–water partition coefficient (Wildman–Crippen LogP) is 6.86. The van der Waals surface area contributed by atoms with Gasteiger partial charge in [0.25, 0.3) is 0 Å². The lowest BCUT2D eigenvalue weighted by Gasteiger charge is -2.28. The van der Waals surface area contributed by atoms with E-state index in [4.69, 9.17) is 4.74 Å². The molecule has 0 heterocycles. The second-order valence-corrected chi connectivity index (χ2v) is 10.2. The zero-order valence-corrected chi connectivity index (χ0v) is 21.3. The van der Waals surface area contributed by atoms with E-state index in [1.54, 1.807) is 0 Å². The van der Waals surface area contributed by atoms with E-state index < -0.39 is 6.10 Å². The van der Waals surface area contributed by atoms with Crippen molar-refractivity contribution in [2.24, 2.45) is 0 Å². The number of hydrogen-bond donors (Lipinski definition) is 2. The molecular weight excluding hydrogens is 430 g/mol. The van der Waals surface area contributed by atoms with Crippen molar-refractivity contribution in [2.75, 3.05) is 13.2 Å². The molecule has 0 bridgehead atoms. The van der Waals surface area contributed by atoms with E-state index in [2.05, 4.69) is 117 Å². The molecule has 2 N–H and O–H groups in total. The van der Waals surface area contributed by atoms with Crippen molar-refractivity contribution in [3.63, 3.8) is 0 Å². The average Bonchev–Trinajstić information content (AvgIpc) is 2.86. The fraction of sp³-hybridized carbons (Fsp3) is 0.312. The van der Waals surface area contributed by atoms with Gasteiger partial charge in [-0.15, -0.1) is 0 Å². The summed E-state index contributed by atoms with van der Waals surface area (Å²) >= 11 is 0. The van der Waals surface area contributed by atoms with Crippen LogP contribution in [0.25, 0.3) is 21.9 Å². The minimum atomic E-state index is -0.576. The molecule has 0 radical (unpaired) electrons. The fourth-order valence-corrected chi connectivity index (χ4v) is 4.58. The highest BCUT2D eigenvalue weighted by molar-refractivity contribution is 5.83. The average molecular weight is 468 g/mol.